The molecule has 0 radical (unpaired) electrons. The Balaban J connectivity index is 0.00000280. The van der Waals surface area contributed by atoms with E-state index in [0.29, 0.717) is 6.04 Å². The summed E-state index contributed by atoms with van der Waals surface area (Å²) in [6, 6.07) is 13.5. The van der Waals surface area contributed by atoms with Gasteiger partial charge in [-0.05, 0) is 63.3 Å². The number of anilines is 2. The maximum atomic E-state index is 5.11. The van der Waals surface area contributed by atoms with Crippen LogP contribution in [0.1, 0.15) is 48.9 Å². The second-order valence-electron chi connectivity index (χ2n) is 7.85. The number of para-hydroxylation sites is 2. The molecule has 0 amide bonds. The Labute approximate surface area is 181 Å². The van der Waals surface area contributed by atoms with Crippen LogP contribution in [-0.4, -0.2) is 25.1 Å². The van der Waals surface area contributed by atoms with Gasteiger partial charge in [0.2, 0.25) is 5.96 Å². The molecule has 0 N–H and O–H groups in total. The molecule has 0 aliphatic carbocycles. The minimum atomic E-state index is 0. The van der Waals surface area contributed by atoms with Gasteiger partial charge in [-0.3, -0.25) is 4.99 Å². The van der Waals surface area contributed by atoms with Crippen molar-refractivity contribution < 1.29 is 0 Å². The van der Waals surface area contributed by atoms with Crippen molar-refractivity contribution in [3.8, 4) is 0 Å². The Morgan fingerprint density at radius 1 is 0.893 bits per heavy atom. The van der Waals surface area contributed by atoms with E-state index in [1.165, 1.54) is 40.0 Å². The normalized spacial score (nSPS) is 17.9. The Bertz CT molecular complexity index is 803. The van der Waals surface area contributed by atoms with Crippen LogP contribution in [0.5, 0.6) is 0 Å². The number of rotatable bonds is 5. The van der Waals surface area contributed by atoms with Crippen LogP contribution in [-0.2, 0) is 0 Å². The van der Waals surface area contributed by atoms with Gasteiger partial charge in [0.1, 0.15) is 0 Å². The van der Waals surface area contributed by atoms with E-state index in [4.69, 9.17) is 4.99 Å². The maximum absolute atomic E-state index is 5.11. The molecule has 1 saturated heterocycles. The fourth-order valence-corrected chi connectivity index (χ4v) is 4.18. The largest absolute Gasteiger partial charge is 0.310 e. The van der Waals surface area contributed by atoms with Crippen LogP contribution in [0.2, 0.25) is 0 Å². The quantitative estimate of drug-likeness (QED) is 0.499. The molecule has 0 spiro atoms. The number of hydrogen-bond donors (Lipinski definition) is 0. The summed E-state index contributed by atoms with van der Waals surface area (Å²) in [5.74, 6) is 1.10. The van der Waals surface area contributed by atoms with Gasteiger partial charge in [-0.2, -0.15) is 0 Å². The van der Waals surface area contributed by atoms with Crippen molar-refractivity contribution >= 4 is 34.3 Å². The van der Waals surface area contributed by atoms with Crippen LogP contribution in [0, 0.1) is 27.7 Å². The molecule has 152 valence electrons. The predicted molar refractivity (Wildman–Crippen MR) is 129 cm³/mol. The Morgan fingerprint density at radius 3 is 1.89 bits per heavy atom. The summed E-state index contributed by atoms with van der Waals surface area (Å²) in [5.41, 5.74) is 7.88. The average Bonchev–Trinajstić information content (AvgIpc) is 2.91. The van der Waals surface area contributed by atoms with E-state index in [2.05, 4.69) is 87.7 Å². The first kappa shape index (κ1) is 22.5. The van der Waals surface area contributed by atoms with Crippen molar-refractivity contribution in [2.75, 3.05) is 22.9 Å². The summed E-state index contributed by atoms with van der Waals surface area (Å²) in [6.07, 6.45) is 2.29. The molecule has 2 aromatic rings. The first-order valence-corrected chi connectivity index (χ1v) is 10.2. The lowest BCUT2D eigenvalue weighted by Gasteiger charge is -2.29. The third-order valence-electron chi connectivity index (χ3n) is 5.50. The van der Waals surface area contributed by atoms with Gasteiger partial charge in [0.25, 0.3) is 0 Å². The van der Waals surface area contributed by atoms with E-state index >= 15 is 0 Å². The maximum Gasteiger partial charge on any atom is 0.206 e. The summed E-state index contributed by atoms with van der Waals surface area (Å²) in [4.78, 5) is 10.0. The Kier molecular flexibility index (Phi) is 7.70. The van der Waals surface area contributed by atoms with E-state index in [1.54, 1.807) is 0 Å². The van der Waals surface area contributed by atoms with Gasteiger partial charge in [0, 0.05) is 24.5 Å². The number of aliphatic imine (C=N–C) groups is 1. The first-order chi connectivity index (χ1) is 13.0. The molecule has 28 heavy (non-hydrogen) atoms. The zero-order valence-electron chi connectivity index (χ0n) is 18.1. The van der Waals surface area contributed by atoms with Crippen molar-refractivity contribution in [1.82, 2.24) is 0 Å². The van der Waals surface area contributed by atoms with Crippen LogP contribution in [0.4, 0.5) is 11.4 Å². The van der Waals surface area contributed by atoms with Crippen molar-refractivity contribution in [1.29, 1.82) is 0 Å². The zero-order valence-corrected chi connectivity index (χ0v) is 19.8. The zero-order chi connectivity index (χ0) is 19.6. The van der Waals surface area contributed by atoms with E-state index < -0.39 is 0 Å². The van der Waals surface area contributed by atoms with Crippen LogP contribution < -0.4 is 9.80 Å². The number of guanidine groups is 1. The highest BCUT2D eigenvalue weighted by Gasteiger charge is 2.36. The summed E-state index contributed by atoms with van der Waals surface area (Å²) in [7, 11) is 0. The second-order valence-corrected chi connectivity index (χ2v) is 7.85. The molecule has 0 aromatic heterocycles. The van der Waals surface area contributed by atoms with Gasteiger partial charge in [-0.15, -0.1) is 17.0 Å². The fraction of sp³-hybridized carbons (Fsp3) is 0.458. The third-order valence-corrected chi connectivity index (χ3v) is 5.50. The lowest BCUT2D eigenvalue weighted by molar-refractivity contribution is 0.786. The van der Waals surface area contributed by atoms with Gasteiger partial charge in [-0.25, -0.2) is 0 Å². The standard InChI is InChI=1S/C24H33N3.BrH/c1-7-8-15-25-24-26(22-17(2)11-9-12-18(22)3)16-21(6)27(24)23-19(4)13-10-14-20(23)5;/h9-14,21H,7-8,15-16H2,1-6H3;1H. The molecule has 1 aliphatic heterocycles. The minimum Gasteiger partial charge on any atom is -0.310 e. The van der Waals surface area contributed by atoms with Crippen molar-refractivity contribution in [2.24, 2.45) is 4.99 Å². The second kappa shape index (κ2) is 9.60. The molecule has 1 unspecified atom stereocenters. The molecule has 2 aromatic carbocycles. The number of benzene rings is 2. The lowest BCUT2D eigenvalue weighted by Crippen LogP contribution is -2.37. The topological polar surface area (TPSA) is 18.8 Å². The molecule has 0 saturated carbocycles. The highest BCUT2D eigenvalue weighted by molar-refractivity contribution is 8.93. The highest BCUT2D eigenvalue weighted by atomic mass is 79.9. The molecule has 1 atom stereocenters. The number of aryl methyl sites for hydroxylation is 4. The molecule has 3 rings (SSSR count). The van der Waals surface area contributed by atoms with Crippen LogP contribution in [0.3, 0.4) is 0 Å². The average molecular weight is 444 g/mol. The number of hydrogen-bond acceptors (Lipinski definition) is 1. The SMILES string of the molecule is Br.CCCCN=C1N(c2c(C)cccc2C)CC(C)N1c1c(C)cccc1C. The summed E-state index contributed by atoms with van der Waals surface area (Å²) >= 11 is 0. The summed E-state index contributed by atoms with van der Waals surface area (Å²) < 4.78 is 0. The van der Waals surface area contributed by atoms with Crippen LogP contribution in [0.15, 0.2) is 41.4 Å². The number of nitrogens with zero attached hydrogens (tertiary/aromatic N) is 3. The highest BCUT2D eigenvalue weighted by Crippen LogP contribution is 2.35. The molecule has 1 heterocycles. The monoisotopic (exact) mass is 443 g/mol. The van der Waals surface area contributed by atoms with Crippen molar-refractivity contribution in [3.05, 3.63) is 58.7 Å². The van der Waals surface area contributed by atoms with Crippen molar-refractivity contribution in [2.45, 2.75) is 60.4 Å². The van der Waals surface area contributed by atoms with Crippen molar-refractivity contribution in [3.63, 3.8) is 0 Å². The molecule has 1 aliphatic rings. The summed E-state index contributed by atoms with van der Waals surface area (Å²) in [6.45, 7) is 15.2. The molecular formula is C24H34BrN3. The van der Waals surface area contributed by atoms with Gasteiger partial charge in [-0.1, -0.05) is 49.7 Å². The Morgan fingerprint density at radius 2 is 1.39 bits per heavy atom. The first-order valence-electron chi connectivity index (χ1n) is 10.2. The fourth-order valence-electron chi connectivity index (χ4n) is 4.18. The van der Waals surface area contributed by atoms with Gasteiger partial charge >= 0.3 is 0 Å². The van der Waals surface area contributed by atoms with Gasteiger partial charge in [0.05, 0.1) is 6.04 Å². The summed E-state index contributed by atoms with van der Waals surface area (Å²) in [5, 5.41) is 0. The van der Waals surface area contributed by atoms with Gasteiger partial charge in [0.15, 0.2) is 0 Å². The molecule has 4 heteroatoms. The van der Waals surface area contributed by atoms with E-state index in [-0.39, 0.29) is 17.0 Å². The van der Waals surface area contributed by atoms with E-state index in [1.807, 2.05) is 0 Å². The minimum absolute atomic E-state index is 0. The molecule has 1 fully saturated rings. The molecular weight excluding hydrogens is 410 g/mol. The smallest absolute Gasteiger partial charge is 0.206 e. The lowest BCUT2D eigenvalue weighted by atomic mass is 10.1. The van der Waals surface area contributed by atoms with E-state index in [0.717, 1.165) is 25.5 Å². The predicted octanol–water partition coefficient (Wildman–Crippen LogP) is 6.37. The Hall–Kier alpha value is -1.81. The number of halogens is 1. The van der Waals surface area contributed by atoms with E-state index in [9.17, 15) is 0 Å². The van der Waals surface area contributed by atoms with Crippen LogP contribution >= 0.6 is 17.0 Å². The van der Waals surface area contributed by atoms with Gasteiger partial charge < -0.3 is 9.80 Å². The third kappa shape index (κ3) is 4.27. The molecule has 0 bridgehead atoms. The van der Waals surface area contributed by atoms with Crippen LogP contribution in [0.25, 0.3) is 0 Å². The molecule has 3 nitrogen and oxygen atoms in total. The number of unbranched alkanes of at least 4 members (excludes halogenated alkanes) is 1.